The van der Waals surface area contributed by atoms with Crippen molar-refractivity contribution in [3.8, 4) is 17.6 Å². The van der Waals surface area contributed by atoms with Crippen LogP contribution in [0.25, 0.3) is 0 Å². The van der Waals surface area contributed by atoms with Crippen LogP contribution in [-0.2, 0) is 6.54 Å². The van der Waals surface area contributed by atoms with Gasteiger partial charge in [-0.05, 0) is 36.9 Å². The van der Waals surface area contributed by atoms with E-state index >= 15 is 0 Å². The van der Waals surface area contributed by atoms with E-state index in [-0.39, 0.29) is 17.1 Å². The summed E-state index contributed by atoms with van der Waals surface area (Å²) in [5, 5.41) is 12.1. The summed E-state index contributed by atoms with van der Waals surface area (Å²) in [6.45, 7) is 0.600. The Morgan fingerprint density at radius 3 is 2.70 bits per heavy atom. The number of benzene rings is 2. The second-order valence-corrected chi connectivity index (χ2v) is 4.13. The number of rotatable bonds is 4. The molecule has 0 heterocycles. The molecule has 5 heteroatoms. The van der Waals surface area contributed by atoms with E-state index in [1.54, 1.807) is 25.2 Å². The van der Waals surface area contributed by atoms with Gasteiger partial charge < -0.3 is 10.1 Å². The van der Waals surface area contributed by atoms with Crippen molar-refractivity contribution < 1.29 is 13.5 Å². The van der Waals surface area contributed by atoms with E-state index in [1.165, 1.54) is 12.1 Å². The lowest BCUT2D eigenvalue weighted by Gasteiger charge is -2.10. The quantitative estimate of drug-likeness (QED) is 0.930. The first-order chi connectivity index (χ1) is 9.65. The molecule has 0 aliphatic rings. The molecule has 0 aliphatic heterocycles. The number of nitrogens with zero attached hydrogens (tertiary/aromatic N) is 1. The SMILES string of the molecule is CNCc1ccc(Oc2cccc(F)c2F)c(C#N)c1. The largest absolute Gasteiger partial charge is 0.453 e. The maximum absolute atomic E-state index is 13.5. The van der Waals surface area contributed by atoms with Crippen molar-refractivity contribution in [3.05, 3.63) is 59.2 Å². The van der Waals surface area contributed by atoms with E-state index < -0.39 is 11.6 Å². The minimum atomic E-state index is -1.07. The van der Waals surface area contributed by atoms with E-state index in [1.807, 2.05) is 6.07 Å². The molecule has 0 amide bonds. The van der Waals surface area contributed by atoms with Crippen LogP contribution in [0, 0.1) is 23.0 Å². The van der Waals surface area contributed by atoms with Gasteiger partial charge in [0.25, 0.3) is 0 Å². The van der Waals surface area contributed by atoms with Crippen LogP contribution in [0.2, 0.25) is 0 Å². The number of hydrogen-bond donors (Lipinski definition) is 1. The number of ether oxygens (including phenoxy) is 1. The van der Waals surface area contributed by atoms with Crippen LogP contribution in [0.4, 0.5) is 8.78 Å². The van der Waals surface area contributed by atoms with Crippen LogP contribution in [0.1, 0.15) is 11.1 Å². The third-order valence-corrected chi connectivity index (χ3v) is 2.68. The summed E-state index contributed by atoms with van der Waals surface area (Å²) in [7, 11) is 1.79. The number of nitrogens with one attached hydrogen (secondary N) is 1. The molecule has 20 heavy (non-hydrogen) atoms. The van der Waals surface area contributed by atoms with Gasteiger partial charge in [0.1, 0.15) is 11.8 Å². The molecule has 2 aromatic carbocycles. The van der Waals surface area contributed by atoms with Crippen LogP contribution in [-0.4, -0.2) is 7.05 Å². The zero-order valence-corrected chi connectivity index (χ0v) is 10.8. The summed E-state index contributed by atoms with van der Waals surface area (Å²) in [5.74, 6) is -2.12. The maximum Gasteiger partial charge on any atom is 0.201 e. The highest BCUT2D eigenvalue weighted by Crippen LogP contribution is 2.28. The summed E-state index contributed by atoms with van der Waals surface area (Å²) in [6.07, 6.45) is 0. The van der Waals surface area contributed by atoms with Gasteiger partial charge in [-0.2, -0.15) is 9.65 Å². The van der Waals surface area contributed by atoms with Gasteiger partial charge in [0.05, 0.1) is 5.56 Å². The molecule has 0 saturated heterocycles. The van der Waals surface area contributed by atoms with Gasteiger partial charge in [-0.15, -0.1) is 0 Å². The van der Waals surface area contributed by atoms with E-state index in [0.717, 1.165) is 11.6 Å². The van der Waals surface area contributed by atoms with Crippen molar-refractivity contribution in [2.75, 3.05) is 7.05 Å². The van der Waals surface area contributed by atoms with Crippen LogP contribution < -0.4 is 10.1 Å². The first-order valence-corrected chi connectivity index (χ1v) is 5.95. The third kappa shape index (κ3) is 2.92. The fourth-order valence-electron chi connectivity index (χ4n) is 1.75. The molecule has 102 valence electrons. The minimum Gasteiger partial charge on any atom is -0.453 e. The third-order valence-electron chi connectivity index (χ3n) is 2.68. The Morgan fingerprint density at radius 1 is 1.20 bits per heavy atom. The number of nitriles is 1. The fourth-order valence-corrected chi connectivity index (χ4v) is 1.75. The van der Waals surface area contributed by atoms with Crippen molar-refractivity contribution in [2.24, 2.45) is 0 Å². The zero-order chi connectivity index (χ0) is 14.5. The van der Waals surface area contributed by atoms with Crippen LogP contribution in [0.5, 0.6) is 11.5 Å². The molecule has 3 nitrogen and oxygen atoms in total. The van der Waals surface area contributed by atoms with Gasteiger partial charge in [0.2, 0.25) is 5.82 Å². The van der Waals surface area contributed by atoms with Crippen molar-refractivity contribution in [3.63, 3.8) is 0 Å². The Labute approximate surface area is 115 Å². The van der Waals surface area contributed by atoms with Crippen molar-refractivity contribution in [1.82, 2.24) is 5.32 Å². The maximum atomic E-state index is 13.5. The van der Waals surface area contributed by atoms with Crippen LogP contribution in [0.15, 0.2) is 36.4 Å². The first-order valence-electron chi connectivity index (χ1n) is 5.95. The zero-order valence-electron chi connectivity index (χ0n) is 10.8. The summed E-state index contributed by atoms with van der Waals surface area (Å²) < 4.78 is 31.9. The Hall–Kier alpha value is -2.45. The standard InChI is InChI=1S/C15H12F2N2O/c1-19-9-10-5-6-13(11(7-10)8-18)20-14-4-2-3-12(16)15(14)17/h2-7,19H,9H2,1H3. The molecule has 0 saturated carbocycles. The Balaban J connectivity index is 2.34. The number of hydrogen-bond acceptors (Lipinski definition) is 3. The Bertz CT molecular complexity index is 665. The highest BCUT2D eigenvalue weighted by molar-refractivity contribution is 5.47. The molecule has 2 aromatic rings. The van der Waals surface area contributed by atoms with Gasteiger partial charge in [-0.1, -0.05) is 12.1 Å². The lowest BCUT2D eigenvalue weighted by Crippen LogP contribution is -2.05. The lowest BCUT2D eigenvalue weighted by atomic mass is 10.1. The average molecular weight is 274 g/mol. The Kier molecular flexibility index (Phi) is 4.28. The number of halogens is 2. The first kappa shape index (κ1) is 14.0. The summed E-state index contributed by atoms with van der Waals surface area (Å²) in [4.78, 5) is 0. The molecule has 0 bridgehead atoms. The van der Waals surface area contributed by atoms with Gasteiger partial charge in [0, 0.05) is 6.54 Å². The van der Waals surface area contributed by atoms with E-state index in [9.17, 15) is 8.78 Å². The molecule has 2 rings (SSSR count). The van der Waals surface area contributed by atoms with Gasteiger partial charge in [-0.25, -0.2) is 4.39 Å². The monoisotopic (exact) mass is 274 g/mol. The summed E-state index contributed by atoms with van der Waals surface area (Å²) in [5.41, 5.74) is 1.16. The van der Waals surface area contributed by atoms with E-state index in [0.29, 0.717) is 6.54 Å². The summed E-state index contributed by atoms with van der Waals surface area (Å²) >= 11 is 0. The summed E-state index contributed by atoms with van der Waals surface area (Å²) in [6, 6.07) is 10.6. The van der Waals surface area contributed by atoms with Gasteiger partial charge in [0.15, 0.2) is 11.6 Å². The van der Waals surface area contributed by atoms with Crippen molar-refractivity contribution >= 4 is 0 Å². The van der Waals surface area contributed by atoms with Gasteiger partial charge >= 0.3 is 0 Å². The second-order valence-electron chi connectivity index (χ2n) is 4.13. The minimum absolute atomic E-state index is 0.192. The predicted molar refractivity (Wildman–Crippen MR) is 70.4 cm³/mol. The normalized spacial score (nSPS) is 10.1. The van der Waals surface area contributed by atoms with Crippen LogP contribution >= 0.6 is 0 Å². The topological polar surface area (TPSA) is 45.0 Å². The second kappa shape index (κ2) is 6.13. The molecular weight excluding hydrogens is 262 g/mol. The van der Waals surface area contributed by atoms with E-state index in [4.69, 9.17) is 10.00 Å². The van der Waals surface area contributed by atoms with Gasteiger partial charge in [-0.3, -0.25) is 0 Å². The highest BCUT2D eigenvalue weighted by Gasteiger charge is 2.12. The molecule has 0 spiro atoms. The lowest BCUT2D eigenvalue weighted by molar-refractivity contribution is 0.415. The fraction of sp³-hybridized carbons (Fsp3) is 0.133. The molecule has 0 unspecified atom stereocenters. The molecule has 1 N–H and O–H groups in total. The molecule has 0 fully saturated rings. The molecule has 0 aliphatic carbocycles. The molecular formula is C15H12F2N2O. The van der Waals surface area contributed by atoms with Crippen LogP contribution in [0.3, 0.4) is 0 Å². The molecule has 0 radical (unpaired) electrons. The predicted octanol–water partition coefficient (Wildman–Crippen LogP) is 3.35. The molecule has 0 aromatic heterocycles. The Morgan fingerprint density at radius 2 is 2.00 bits per heavy atom. The highest BCUT2D eigenvalue weighted by atomic mass is 19.2. The van der Waals surface area contributed by atoms with Crippen molar-refractivity contribution in [2.45, 2.75) is 6.54 Å². The van der Waals surface area contributed by atoms with E-state index in [2.05, 4.69) is 5.32 Å². The van der Waals surface area contributed by atoms with Crippen molar-refractivity contribution in [1.29, 1.82) is 5.26 Å². The average Bonchev–Trinajstić information content (AvgIpc) is 2.45. The smallest absolute Gasteiger partial charge is 0.201 e. The molecule has 0 atom stereocenters.